The lowest BCUT2D eigenvalue weighted by atomic mass is 10.1. The van der Waals surface area contributed by atoms with E-state index in [0.29, 0.717) is 12.1 Å². The number of aromatic nitrogens is 4. The fourth-order valence-electron chi connectivity index (χ4n) is 3.61. The first kappa shape index (κ1) is 19.6. The summed E-state index contributed by atoms with van der Waals surface area (Å²) in [5.41, 5.74) is 6.22. The molecule has 0 aliphatic rings. The van der Waals surface area contributed by atoms with Crippen molar-refractivity contribution in [2.45, 2.75) is 20.4 Å². The van der Waals surface area contributed by atoms with Gasteiger partial charge >= 0.3 is 0 Å². The van der Waals surface area contributed by atoms with Crippen LogP contribution in [-0.4, -0.2) is 25.3 Å². The molecule has 0 aliphatic carbocycles. The maximum Gasteiger partial charge on any atom is 0.189 e. The number of nitrogens with zero attached hydrogens (tertiary/aromatic N) is 4. The molecule has 2 heterocycles. The van der Waals surface area contributed by atoms with Crippen LogP contribution in [0.2, 0.25) is 0 Å². The van der Waals surface area contributed by atoms with Gasteiger partial charge in [-0.15, -0.1) is 0 Å². The van der Waals surface area contributed by atoms with E-state index in [9.17, 15) is 4.79 Å². The Hall–Kier alpha value is -3.73. The minimum absolute atomic E-state index is 0.0482. The van der Waals surface area contributed by atoms with Crippen LogP contribution >= 0.6 is 0 Å². The zero-order valence-corrected chi connectivity index (χ0v) is 17.4. The highest BCUT2D eigenvalue weighted by Gasteiger charge is 2.16. The maximum absolute atomic E-state index is 12.9. The summed E-state index contributed by atoms with van der Waals surface area (Å²) in [7, 11) is 1.85. The number of carbonyl (C=O) groups excluding carboxylic acids is 1. The van der Waals surface area contributed by atoms with Crippen molar-refractivity contribution in [1.82, 2.24) is 19.6 Å². The molecule has 0 amide bonds. The number of aryl methyl sites for hydroxylation is 2. The molecule has 5 nitrogen and oxygen atoms in total. The molecule has 0 radical (unpaired) electrons. The second kappa shape index (κ2) is 8.33. The predicted molar refractivity (Wildman–Crippen MR) is 119 cm³/mol. The van der Waals surface area contributed by atoms with Crippen molar-refractivity contribution in [3.63, 3.8) is 0 Å². The lowest BCUT2D eigenvalue weighted by Gasteiger charge is -2.01. The average molecular weight is 396 g/mol. The van der Waals surface area contributed by atoms with E-state index in [4.69, 9.17) is 5.10 Å². The summed E-state index contributed by atoms with van der Waals surface area (Å²) >= 11 is 0. The van der Waals surface area contributed by atoms with E-state index in [1.54, 1.807) is 10.8 Å². The summed E-state index contributed by atoms with van der Waals surface area (Å²) in [5.74, 6) is -0.0482. The van der Waals surface area contributed by atoms with Gasteiger partial charge in [0.25, 0.3) is 0 Å². The van der Waals surface area contributed by atoms with Crippen molar-refractivity contribution in [3.8, 4) is 11.3 Å². The van der Waals surface area contributed by atoms with E-state index in [0.717, 1.165) is 28.2 Å². The Balaban J connectivity index is 1.69. The molecule has 30 heavy (non-hydrogen) atoms. The average Bonchev–Trinajstić information content (AvgIpc) is 3.27. The molecule has 0 bridgehead atoms. The Morgan fingerprint density at radius 3 is 2.27 bits per heavy atom. The maximum atomic E-state index is 12.9. The normalized spacial score (nSPS) is 11.3. The zero-order valence-electron chi connectivity index (χ0n) is 17.4. The number of rotatable bonds is 6. The highest BCUT2D eigenvalue weighted by molar-refractivity contribution is 6.08. The fraction of sp³-hybridized carbons (Fsp3) is 0.160. The van der Waals surface area contributed by atoms with Gasteiger partial charge in [-0.05, 0) is 31.6 Å². The molecule has 4 rings (SSSR count). The van der Waals surface area contributed by atoms with Crippen molar-refractivity contribution >= 4 is 11.9 Å². The molecule has 150 valence electrons. The molecule has 0 atom stereocenters. The highest BCUT2D eigenvalue weighted by atomic mass is 16.1. The lowest BCUT2D eigenvalue weighted by Crippen LogP contribution is -2.00. The largest absolute Gasteiger partial charge is 0.289 e. The molecule has 0 aliphatic heterocycles. The zero-order chi connectivity index (χ0) is 21.1. The SMILES string of the molecule is Cc1nn(C)c(C)c1C(=O)C=Cc1cn(Cc2ccccc2)nc1-c1ccccc1. The standard InChI is InChI=1S/C25H24N4O/c1-18-24(19(2)28(3)26-18)23(30)15-14-22-17-29(16-20-10-6-4-7-11-20)27-25(22)21-12-8-5-9-13-21/h4-15,17H,16H2,1-3H3. The molecule has 0 N–H and O–H groups in total. The van der Waals surface area contributed by atoms with Crippen molar-refractivity contribution in [3.05, 3.63) is 101 Å². The molecular weight excluding hydrogens is 372 g/mol. The van der Waals surface area contributed by atoms with Gasteiger partial charge in [0.1, 0.15) is 0 Å². The van der Waals surface area contributed by atoms with Gasteiger partial charge in [-0.1, -0.05) is 60.7 Å². The molecule has 2 aromatic heterocycles. The third kappa shape index (κ3) is 4.01. The Kier molecular flexibility index (Phi) is 5.44. The number of hydrogen-bond donors (Lipinski definition) is 0. The van der Waals surface area contributed by atoms with E-state index in [-0.39, 0.29) is 5.78 Å². The molecule has 0 saturated heterocycles. The number of hydrogen-bond acceptors (Lipinski definition) is 3. The van der Waals surface area contributed by atoms with Gasteiger partial charge in [0.05, 0.1) is 23.5 Å². The summed E-state index contributed by atoms with van der Waals surface area (Å²) in [6.07, 6.45) is 5.46. The summed E-state index contributed by atoms with van der Waals surface area (Å²) < 4.78 is 3.66. The molecule has 4 aromatic rings. The first-order valence-corrected chi connectivity index (χ1v) is 9.92. The van der Waals surface area contributed by atoms with Crippen molar-refractivity contribution in [1.29, 1.82) is 0 Å². The van der Waals surface area contributed by atoms with Crippen LogP contribution in [0.3, 0.4) is 0 Å². The van der Waals surface area contributed by atoms with Crippen molar-refractivity contribution < 1.29 is 4.79 Å². The van der Waals surface area contributed by atoms with Gasteiger partial charge in [-0.25, -0.2) is 0 Å². The lowest BCUT2D eigenvalue weighted by molar-refractivity contribution is 0.104. The predicted octanol–water partition coefficient (Wildman–Crippen LogP) is 4.84. The van der Waals surface area contributed by atoms with Crippen LogP contribution in [0.1, 0.15) is 32.9 Å². The van der Waals surface area contributed by atoms with E-state index in [1.807, 2.05) is 86.4 Å². The first-order chi connectivity index (χ1) is 14.5. The molecule has 0 spiro atoms. The van der Waals surface area contributed by atoms with Gasteiger partial charge in [0, 0.05) is 30.1 Å². The second-order valence-corrected chi connectivity index (χ2v) is 7.35. The Morgan fingerprint density at radius 2 is 1.63 bits per heavy atom. The number of benzene rings is 2. The molecule has 2 aromatic carbocycles. The highest BCUT2D eigenvalue weighted by Crippen LogP contribution is 2.24. The Labute approximate surface area is 176 Å². The van der Waals surface area contributed by atoms with Gasteiger partial charge in [-0.3, -0.25) is 14.2 Å². The number of allylic oxidation sites excluding steroid dienone is 1. The van der Waals surface area contributed by atoms with Gasteiger partial charge < -0.3 is 0 Å². The quantitative estimate of drug-likeness (QED) is 0.346. The van der Waals surface area contributed by atoms with Crippen LogP contribution in [-0.2, 0) is 13.6 Å². The van der Waals surface area contributed by atoms with Crippen molar-refractivity contribution in [2.75, 3.05) is 0 Å². The fourth-order valence-corrected chi connectivity index (χ4v) is 3.61. The summed E-state index contributed by atoms with van der Waals surface area (Å²) in [4.78, 5) is 12.9. The molecule has 0 unspecified atom stereocenters. The van der Waals surface area contributed by atoms with Crippen LogP contribution in [0.25, 0.3) is 17.3 Å². The molecule has 5 heteroatoms. The minimum atomic E-state index is -0.0482. The number of carbonyl (C=O) groups is 1. The van der Waals surface area contributed by atoms with Gasteiger partial charge in [0.2, 0.25) is 0 Å². The molecule has 0 saturated carbocycles. The van der Waals surface area contributed by atoms with E-state index in [1.165, 1.54) is 5.56 Å². The van der Waals surface area contributed by atoms with Crippen LogP contribution in [0.4, 0.5) is 0 Å². The molecular formula is C25H24N4O. The second-order valence-electron chi connectivity index (χ2n) is 7.35. The third-order valence-electron chi connectivity index (χ3n) is 5.19. The van der Waals surface area contributed by atoms with Crippen molar-refractivity contribution in [2.24, 2.45) is 7.05 Å². The van der Waals surface area contributed by atoms with E-state index < -0.39 is 0 Å². The van der Waals surface area contributed by atoms with Gasteiger partial charge in [-0.2, -0.15) is 10.2 Å². The molecule has 0 fully saturated rings. The van der Waals surface area contributed by atoms with E-state index in [2.05, 4.69) is 17.2 Å². The van der Waals surface area contributed by atoms with Crippen LogP contribution in [0.5, 0.6) is 0 Å². The first-order valence-electron chi connectivity index (χ1n) is 9.92. The van der Waals surface area contributed by atoms with Crippen LogP contribution < -0.4 is 0 Å². The van der Waals surface area contributed by atoms with Crippen LogP contribution in [0, 0.1) is 13.8 Å². The van der Waals surface area contributed by atoms with Crippen LogP contribution in [0.15, 0.2) is 72.9 Å². The Morgan fingerprint density at radius 1 is 0.967 bits per heavy atom. The van der Waals surface area contributed by atoms with Gasteiger partial charge in [0.15, 0.2) is 5.78 Å². The Bertz CT molecular complexity index is 1200. The monoisotopic (exact) mass is 396 g/mol. The smallest absolute Gasteiger partial charge is 0.189 e. The topological polar surface area (TPSA) is 52.7 Å². The minimum Gasteiger partial charge on any atom is -0.289 e. The van der Waals surface area contributed by atoms with E-state index >= 15 is 0 Å². The number of ketones is 1. The summed E-state index contributed by atoms with van der Waals surface area (Å²) in [6, 6.07) is 20.2. The summed E-state index contributed by atoms with van der Waals surface area (Å²) in [5, 5.41) is 9.15. The summed E-state index contributed by atoms with van der Waals surface area (Å²) in [6.45, 7) is 4.44. The third-order valence-corrected chi connectivity index (χ3v) is 5.19.